The molecule has 0 aliphatic heterocycles. The Hall–Kier alpha value is -1.04. The van der Waals surface area contributed by atoms with E-state index < -0.39 is 0 Å². The molecule has 6 heteroatoms. The van der Waals surface area contributed by atoms with Gasteiger partial charge >= 0.3 is 0 Å². The van der Waals surface area contributed by atoms with Gasteiger partial charge in [-0.15, -0.1) is 0 Å². The minimum absolute atomic E-state index is 0.150. The van der Waals surface area contributed by atoms with Crippen molar-refractivity contribution < 1.29 is 9.53 Å². The number of nitrogens with one attached hydrogen (secondary N) is 1. The van der Waals surface area contributed by atoms with Gasteiger partial charge in [0.1, 0.15) is 4.47 Å². The number of rotatable bonds is 4. The molecule has 1 fully saturated rings. The molecule has 1 aromatic rings. The van der Waals surface area contributed by atoms with Crippen molar-refractivity contribution in [1.82, 2.24) is 15.1 Å². The first-order valence-corrected chi connectivity index (χ1v) is 6.47. The zero-order valence-electron chi connectivity index (χ0n) is 9.99. The molecule has 94 valence electrons. The van der Waals surface area contributed by atoms with Crippen LogP contribution in [0.2, 0.25) is 0 Å². The third-order valence-corrected chi connectivity index (χ3v) is 3.84. The quantitative estimate of drug-likeness (QED) is 0.921. The number of hydrogen-bond donors (Lipinski definition) is 1. The van der Waals surface area contributed by atoms with Crippen LogP contribution in [-0.4, -0.2) is 29.3 Å². The molecule has 1 aliphatic carbocycles. The molecule has 1 N–H and O–H groups in total. The van der Waals surface area contributed by atoms with Crippen molar-refractivity contribution in [1.29, 1.82) is 0 Å². The summed E-state index contributed by atoms with van der Waals surface area (Å²) in [5.74, 6) is 1.05. The highest BCUT2D eigenvalue weighted by molar-refractivity contribution is 9.10. The normalized spacial score (nSPS) is 15.5. The summed E-state index contributed by atoms with van der Waals surface area (Å²) in [6.45, 7) is 0.740. The molecule has 0 radical (unpaired) electrons. The third-order valence-electron chi connectivity index (χ3n) is 3.12. The maximum absolute atomic E-state index is 11.9. The highest BCUT2D eigenvalue weighted by Crippen LogP contribution is 2.28. The minimum atomic E-state index is -0.150. The summed E-state index contributed by atoms with van der Waals surface area (Å²) < 4.78 is 7.29. The van der Waals surface area contributed by atoms with Crippen LogP contribution in [0.25, 0.3) is 0 Å². The van der Waals surface area contributed by atoms with Gasteiger partial charge in [-0.3, -0.25) is 4.79 Å². The molecule has 0 unspecified atom stereocenters. The number of nitrogens with zero attached hydrogens (tertiary/aromatic N) is 2. The fourth-order valence-corrected chi connectivity index (χ4v) is 2.54. The van der Waals surface area contributed by atoms with Gasteiger partial charge in [0, 0.05) is 13.6 Å². The molecule has 1 saturated carbocycles. The largest absolute Gasteiger partial charge is 0.480 e. The van der Waals surface area contributed by atoms with Crippen LogP contribution in [0, 0.1) is 5.92 Å². The van der Waals surface area contributed by atoms with Gasteiger partial charge in [0.15, 0.2) is 5.69 Å². The van der Waals surface area contributed by atoms with Gasteiger partial charge in [0.2, 0.25) is 5.88 Å². The number of ether oxygens (including phenoxy) is 1. The van der Waals surface area contributed by atoms with E-state index in [9.17, 15) is 4.79 Å². The predicted octanol–water partition coefficient (Wildman–Crippen LogP) is 1.72. The Labute approximate surface area is 109 Å². The van der Waals surface area contributed by atoms with E-state index in [1.54, 1.807) is 18.8 Å². The Morgan fingerprint density at radius 1 is 1.65 bits per heavy atom. The molecular weight excluding hydrogens is 286 g/mol. The lowest BCUT2D eigenvalue weighted by molar-refractivity contribution is 0.0932. The van der Waals surface area contributed by atoms with E-state index in [4.69, 9.17) is 4.74 Å². The SMILES string of the molecule is COc1c(Br)c(C(=O)NCC2CCC2)nn1C. The molecule has 0 atom stereocenters. The summed E-state index contributed by atoms with van der Waals surface area (Å²) in [7, 11) is 3.30. The lowest BCUT2D eigenvalue weighted by Crippen LogP contribution is -2.32. The van der Waals surface area contributed by atoms with Crippen LogP contribution in [-0.2, 0) is 7.05 Å². The molecule has 0 spiro atoms. The first-order chi connectivity index (χ1) is 8.13. The van der Waals surface area contributed by atoms with Crippen molar-refractivity contribution in [3.63, 3.8) is 0 Å². The maximum Gasteiger partial charge on any atom is 0.273 e. The van der Waals surface area contributed by atoms with Crippen molar-refractivity contribution in [2.75, 3.05) is 13.7 Å². The van der Waals surface area contributed by atoms with Gasteiger partial charge < -0.3 is 10.1 Å². The number of methoxy groups -OCH3 is 1. The molecule has 5 nitrogen and oxygen atoms in total. The van der Waals surface area contributed by atoms with E-state index in [0.29, 0.717) is 22.0 Å². The van der Waals surface area contributed by atoms with E-state index in [1.807, 2.05) is 0 Å². The number of aromatic nitrogens is 2. The van der Waals surface area contributed by atoms with Crippen molar-refractivity contribution >= 4 is 21.8 Å². The lowest BCUT2D eigenvalue weighted by Gasteiger charge is -2.25. The highest BCUT2D eigenvalue weighted by Gasteiger charge is 2.23. The van der Waals surface area contributed by atoms with E-state index in [-0.39, 0.29) is 5.91 Å². The van der Waals surface area contributed by atoms with Crippen molar-refractivity contribution in [3.8, 4) is 5.88 Å². The van der Waals surface area contributed by atoms with Gasteiger partial charge in [-0.2, -0.15) is 5.10 Å². The Morgan fingerprint density at radius 2 is 2.35 bits per heavy atom. The van der Waals surface area contributed by atoms with E-state index in [1.165, 1.54) is 19.3 Å². The average Bonchev–Trinajstić information content (AvgIpc) is 2.51. The fourth-order valence-electron chi connectivity index (χ4n) is 1.87. The standard InChI is InChI=1S/C11H16BrN3O2/c1-15-11(17-2)8(12)9(14-15)10(16)13-6-7-4-3-5-7/h7H,3-6H2,1-2H3,(H,13,16). The number of amides is 1. The molecule has 1 amide bonds. The van der Waals surface area contributed by atoms with Gasteiger partial charge in [0.05, 0.1) is 7.11 Å². The molecular formula is C11H16BrN3O2. The van der Waals surface area contributed by atoms with E-state index in [0.717, 1.165) is 6.54 Å². The summed E-state index contributed by atoms with van der Waals surface area (Å²) >= 11 is 3.33. The number of hydrogen-bond acceptors (Lipinski definition) is 3. The van der Waals surface area contributed by atoms with Crippen LogP contribution < -0.4 is 10.1 Å². The van der Waals surface area contributed by atoms with E-state index in [2.05, 4.69) is 26.3 Å². The molecule has 0 saturated heterocycles. The molecule has 1 aliphatic rings. The lowest BCUT2D eigenvalue weighted by atomic mass is 9.85. The van der Waals surface area contributed by atoms with E-state index >= 15 is 0 Å². The van der Waals surface area contributed by atoms with Gasteiger partial charge in [-0.1, -0.05) is 6.42 Å². The molecule has 2 rings (SSSR count). The summed E-state index contributed by atoms with van der Waals surface area (Å²) in [5.41, 5.74) is 0.378. The second-order valence-corrected chi connectivity index (χ2v) is 5.10. The summed E-state index contributed by atoms with van der Waals surface area (Å²) in [6.07, 6.45) is 3.71. The maximum atomic E-state index is 11.9. The predicted molar refractivity (Wildman–Crippen MR) is 67.1 cm³/mol. The zero-order valence-corrected chi connectivity index (χ0v) is 11.6. The van der Waals surface area contributed by atoms with Crippen LogP contribution in [0.4, 0.5) is 0 Å². The number of carbonyl (C=O) groups is 1. The fraction of sp³-hybridized carbons (Fsp3) is 0.636. The first kappa shape index (κ1) is 12.4. The average molecular weight is 302 g/mol. The van der Waals surface area contributed by atoms with Crippen LogP contribution in [0.3, 0.4) is 0 Å². The van der Waals surface area contributed by atoms with Crippen LogP contribution in [0.15, 0.2) is 4.47 Å². The summed E-state index contributed by atoms with van der Waals surface area (Å²) in [6, 6.07) is 0. The number of carbonyl (C=O) groups excluding carboxylic acids is 1. The number of aryl methyl sites for hydroxylation is 1. The number of halogens is 1. The molecule has 0 bridgehead atoms. The molecule has 1 heterocycles. The second-order valence-electron chi connectivity index (χ2n) is 4.30. The zero-order chi connectivity index (χ0) is 12.4. The molecule has 1 aromatic heterocycles. The van der Waals surface area contributed by atoms with Gasteiger partial charge in [-0.05, 0) is 34.7 Å². The third kappa shape index (κ3) is 2.46. The summed E-state index contributed by atoms with van der Waals surface area (Å²) in [5, 5.41) is 7.04. The van der Waals surface area contributed by atoms with Crippen LogP contribution in [0.1, 0.15) is 29.8 Å². The molecule has 0 aromatic carbocycles. The van der Waals surface area contributed by atoms with Crippen LogP contribution >= 0.6 is 15.9 Å². The second kappa shape index (κ2) is 5.08. The highest BCUT2D eigenvalue weighted by atomic mass is 79.9. The Balaban J connectivity index is 2.02. The first-order valence-electron chi connectivity index (χ1n) is 5.68. The Bertz CT molecular complexity index is 427. The Morgan fingerprint density at radius 3 is 2.82 bits per heavy atom. The topological polar surface area (TPSA) is 56.1 Å². The molecule has 17 heavy (non-hydrogen) atoms. The van der Waals surface area contributed by atoms with Gasteiger partial charge in [-0.25, -0.2) is 4.68 Å². The minimum Gasteiger partial charge on any atom is -0.480 e. The van der Waals surface area contributed by atoms with Crippen molar-refractivity contribution in [2.45, 2.75) is 19.3 Å². The van der Waals surface area contributed by atoms with Crippen molar-refractivity contribution in [2.24, 2.45) is 13.0 Å². The van der Waals surface area contributed by atoms with Gasteiger partial charge in [0.25, 0.3) is 5.91 Å². The van der Waals surface area contributed by atoms with Crippen molar-refractivity contribution in [3.05, 3.63) is 10.2 Å². The smallest absolute Gasteiger partial charge is 0.273 e. The summed E-state index contributed by atoms with van der Waals surface area (Å²) in [4.78, 5) is 11.9. The Kier molecular flexibility index (Phi) is 3.71. The monoisotopic (exact) mass is 301 g/mol. The van der Waals surface area contributed by atoms with Crippen LogP contribution in [0.5, 0.6) is 5.88 Å².